The molecule has 0 radical (unpaired) electrons. The zero-order valence-corrected chi connectivity index (χ0v) is 22.2. The molecule has 3 heterocycles. The largest absolute Gasteiger partial charge is 0.444 e. The van der Waals surface area contributed by atoms with Crippen LogP contribution in [0.5, 0.6) is 0 Å². The van der Waals surface area contributed by atoms with Crippen LogP contribution in [0, 0.1) is 6.92 Å². The molecule has 1 aliphatic rings. The highest BCUT2D eigenvalue weighted by atomic mass is 32.2. The summed E-state index contributed by atoms with van der Waals surface area (Å²) in [5.74, 6) is -0.399. The Hall–Kier alpha value is -3.39. The van der Waals surface area contributed by atoms with E-state index in [-0.39, 0.29) is 29.3 Å². The van der Waals surface area contributed by atoms with Crippen LogP contribution in [0.3, 0.4) is 0 Å². The van der Waals surface area contributed by atoms with Gasteiger partial charge < -0.3 is 15.8 Å². The minimum Gasteiger partial charge on any atom is -0.444 e. The zero-order valence-electron chi connectivity index (χ0n) is 21.3. The Bertz CT molecular complexity index is 1480. The van der Waals surface area contributed by atoms with Crippen LogP contribution in [-0.2, 0) is 20.9 Å². The van der Waals surface area contributed by atoms with Crippen molar-refractivity contribution >= 4 is 27.6 Å². The standard InChI is InChI=1S/C24H29F3N6O4S/c1-14-7-8-16(38(35,36)32-9-5-6-15(12-32)30-22(34)37-23(2,3)4)10-17(14)18-11-29-21-20(28)31-19(13-33(18)21)24(25,26)27/h7-8,10-11,13,15H,5-6,9,12H2,1-4H3,(H2,28,31)(H,30,34)/t15-/m1/s1. The van der Waals surface area contributed by atoms with Gasteiger partial charge in [-0.1, -0.05) is 6.07 Å². The van der Waals surface area contributed by atoms with Gasteiger partial charge in [-0.05, 0) is 58.2 Å². The average Bonchev–Trinajstić information content (AvgIpc) is 3.22. The minimum absolute atomic E-state index is 0.0211. The summed E-state index contributed by atoms with van der Waals surface area (Å²) in [5.41, 5.74) is 5.09. The molecule has 10 nitrogen and oxygen atoms in total. The number of amides is 1. The minimum atomic E-state index is -4.73. The first kappa shape index (κ1) is 27.6. The molecule has 4 rings (SSSR count). The molecule has 1 amide bonds. The summed E-state index contributed by atoms with van der Waals surface area (Å²) in [6, 6.07) is 3.99. The van der Waals surface area contributed by atoms with Crippen molar-refractivity contribution in [2.24, 2.45) is 0 Å². The number of nitrogens with zero attached hydrogens (tertiary/aromatic N) is 4. The van der Waals surface area contributed by atoms with Crippen molar-refractivity contribution < 1.29 is 31.1 Å². The first-order chi connectivity index (χ1) is 17.6. The van der Waals surface area contributed by atoms with E-state index in [0.717, 1.165) is 10.6 Å². The monoisotopic (exact) mass is 554 g/mol. The van der Waals surface area contributed by atoms with Crippen molar-refractivity contribution in [1.29, 1.82) is 0 Å². The fourth-order valence-electron chi connectivity index (χ4n) is 4.29. The third-order valence-electron chi connectivity index (χ3n) is 6.04. The fraction of sp³-hybridized carbons (Fsp3) is 0.458. The number of nitrogens with two attached hydrogens (primary N) is 1. The van der Waals surface area contributed by atoms with Gasteiger partial charge in [0.25, 0.3) is 0 Å². The van der Waals surface area contributed by atoms with Gasteiger partial charge in [-0.2, -0.15) is 17.5 Å². The van der Waals surface area contributed by atoms with Gasteiger partial charge in [0.1, 0.15) is 5.60 Å². The Morgan fingerprint density at radius 2 is 1.95 bits per heavy atom. The van der Waals surface area contributed by atoms with Gasteiger partial charge in [0.05, 0.1) is 16.8 Å². The number of halogens is 3. The lowest BCUT2D eigenvalue weighted by atomic mass is 10.1. The van der Waals surface area contributed by atoms with Crippen molar-refractivity contribution in [3.63, 3.8) is 0 Å². The van der Waals surface area contributed by atoms with E-state index in [4.69, 9.17) is 10.5 Å². The molecule has 1 fully saturated rings. The second kappa shape index (κ2) is 9.73. The second-order valence-electron chi connectivity index (χ2n) is 10.2. The Morgan fingerprint density at radius 1 is 1.24 bits per heavy atom. The number of benzene rings is 1. The van der Waals surface area contributed by atoms with Gasteiger partial charge in [0.15, 0.2) is 17.2 Å². The van der Waals surface area contributed by atoms with Gasteiger partial charge in [0.2, 0.25) is 10.0 Å². The highest BCUT2D eigenvalue weighted by Gasteiger charge is 2.35. The maximum absolute atomic E-state index is 13.6. The smallest absolute Gasteiger partial charge is 0.434 e. The normalized spacial score (nSPS) is 17.5. The fourth-order valence-corrected chi connectivity index (χ4v) is 5.84. The molecule has 0 unspecified atom stereocenters. The van der Waals surface area contributed by atoms with Crippen LogP contribution < -0.4 is 11.1 Å². The lowest BCUT2D eigenvalue weighted by Crippen LogP contribution is -2.50. The highest BCUT2D eigenvalue weighted by molar-refractivity contribution is 7.89. The molecule has 3 N–H and O–H groups in total. The molecule has 0 spiro atoms. The predicted octanol–water partition coefficient (Wildman–Crippen LogP) is 3.98. The number of fused-ring (bicyclic) bond motifs is 1. The Morgan fingerprint density at radius 3 is 2.61 bits per heavy atom. The first-order valence-corrected chi connectivity index (χ1v) is 13.3. The number of alkyl carbamates (subject to hydrolysis) is 1. The van der Waals surface area contributed by atoms with Crippen LogP contribution in [0.1, 0.15) is 44.9 Å². The summed E-state index contributed by atoms with van der Waals surface area (Å²) in [7, 11) is -3.99. The quantitative estimate of drug-likeness (QED) is 0.499. The van der Waals surface area contributed by atoms with Crippen molar-refractivity contribution in [3.8, 4) is 11.3 Å². The van der Waals surface area contributed by atoms with E-state index in [1.807, 2.05) is 0 Å². The molecule has 0 bridgehead atoms. The Balaban J connectivity index is 1.66. The maximum Gasteiger partial charge on any atom is 0.434 e. The van der Waals surface area contributed by atoms with E-state index in [2.05, 4.69) is 15.3 Å². The molecule has 206 valence electrons. The molecule has 1 atom stereocenters. The van der Waals surface area contributed by atoms with Crippen molar-refractivity contribution in [3.05, 3.63) is 41.9 Å². The van der Waals surface area contributed by atoms with Crippen molar-refractivity contribution in [1.82, 2.24) is 24.0 Å². The van der Waals surface area contributed by atoms with Gasteiger partial charge >= 0.3 is 12.3 Å². The maximum atomic E-state index is 13.6. The number of nitrogens with one attached hydrogen (secondary N) is 1. The number of rotatable bonds is 4. The van der Waals surface area contributed by atoms with E-state index in [0.29, 0.717) is 24.0 Å². The Labute approximate surface area is 218 Å². The summed E-state index contributed by atoms with van der Waals surface area (Å²) < 4.78 is 74.9. The zero-order chi connectivity index (χ0) is 28.0. The molecule has 0 saturated carbocycles. The number of sulfonamides is 1. The van der Waals surface area contributed by atoms with Crippen molar-refractivity contribution in [2.75, 3.05) is 18.8 Å². The van der Waals surface area contributed by atoms with E-state index >= 15 is 0 Å². The Kier molecular flexibility index (Phi) is 7.08. The number of hydrogen-bond donors (Lipinski definition) is 2. The number of hydrogen-bond acceptors (Lipinski definition) is 7. The molecule has 3 aromatic rings. The van der Waals surface area contributed by atoms with Crippen LogP contribution >= 0.6 is 0 Å². The molecule has 1 aliphatic heterocycles. The summed E-state index contributed by atoms with van der Waals surface area (Å²) in [6.07, 6.45) is -2.14. The van der Waals surface area contributed by atoms with Crippen LogP contribution in [-0.4, -0.2) is 57.9 Å². The number of anilines is 1. The van der Waals surface area contributed by atoms with Crippen molar-refractivity contribution in [2.45, 2.75) is 63.3 Å². The summed E-state index contributed by atoms with van der Waals surface area (Å²) in [5, 5.41) is 2.73. The molecule has 38 heavy (non-hydrogen) atoms. The number of imidazole rings is 1. The molecule has 2 aromatic heterocycles. The highest BCUT2D eigenvalue weighted by Crippen LogP contribution is 2.33. The van der Waals surface area contributed by atoms with Gasteiger partial charge in [0, 0.05) is 30.9 Å². The molecular weight excluding hydrogens is 525 g/mol. The van der Waals surface area contributed by atoms with E-state index in [1.54, 1.807) is 33.8 Å². The molecule has 1 aromatic carbocycles. The number of alkyl halides is 3. The molecular formula is C24H29F3N6O4S. The second-order valence-corrected chi connectivity index (χ2v) is 12.1. The number of piperidine rings is 1. The number of carbonyl (C=O) groups is 1. The lowest BCUT2D eigenvalue weighted by molar-refractivity contribution is -0.141. The summed E-state index contributed by atoms with van der Waals surface area (Å²) in [6.45, 7) is 7.22. The van der Waals surface area contributed by atoms with E-state index in [1.165, 1.54) is 22.6 Å². The number of aryl methyl sites for hydroxylation is 1. The van der Waals surface area contributed by atoms with Crippen LogP contribution in [0.25, 0.3) is 16.9 Å². The number of carbonyl (C=O) groups excluding carboxylic acids is 1. The van der Waals surface area contributed by atoms with Gasteiger partial charge in [-0.3, -0.25) is 4.40 Å². The number of aromatic nitrogens is 3. The van der Waals surface area contributed by atoms with Crippen LogP contribution in [0.4, 0.5) is 23.8 Å². The third-order valence-corrected chi connectivity index (χ3v) is 7.90. The van der Waals surface area contributed by atoms with Gasteiger partial charge in [-0.25, -0.2) is 23.2 Å². The first-order valence-electron chi connectivity index (χ1n) is 11.9. The topological polar surface area (TPSA) is 132 Å². The summed E-state index contributed by atoms with van der Waals surface area (Å²) >= 11 is 0. The SMILES string of the molecule is Cc1ccc(S(=O)(=O)N2CCC[C@@H](NC(=O)OC(C)(C)C)C2)cc1-c1cnc2c(N)nc(C(F)(F)F)cn12. The lowest BCUT2D eigenvalue weighted by Gasteiger charge is -2.33. The number of nitrogen functional groups attached to an aromatic ring is 1. The molecule has 1 saturated heterocycles. The predicted molar refractivity (Wildman–Crippen MR) is 134 cm³/mol. The molecule has 14 heteroatoms. The van der Waals surface area contributed by atoms with E-state index in [9.17, 15) is 26.4 Å². The average molecular weight is 555 g/mol. The van der Waals surface area contributed by atoms with Crippen LogP contribution in [0.15, 0.2) is 35.5 Å². The molecule has 0 aliphatic carbocycles. The van der Waals surface area contributed by atoms with Crippen LogP contribution in [0.2, 0.25) is 0 Å². The summed E-state index contributed by atoms with van der Waals surface area (Å²) in [4.78, 5) is 19.6. The van der Waals surface area contributed by atoms with E-state index < -0.39 is 45.4 Å². The van der Waals surface area contributed by atoms with Gasteiger partial charge in [-0.15, -0.1) is 0 Å². The third kappa shape index (κ3) is 5.70. The number of ether oxygens (including phenoxy) is 1.